The number of hydrogen-bond acceptors (Lipinski definition) is 5. The van der Waals surface area contributed by atoms with Gasteiger partial charge in [0.1, 0.15) is 36.2 Å². The van der Waals surface area contributed by atoms with Crippen LogP contribution in [0.2, 0.25) is 0 Å². The van der Waals surface area contributed by atoms with E-state index < -0.39 is 0 Å². The van der Waals surface area contributed by atoms with Crippen LogP contribution in [0.1, 0.15) is 0 Å². The fourth-order valence-electron chi connectivity index (χ4n) is 1.77. The van der Waals surface area contributed by atoms with Crippen molar-refractivity contribution in [2.45, 2.75) is 0 Å². The lowest BCUT2D eigenvalue weighted by Gasteiger charge is -2.11. The van der Waals surface area contributed by atoms with Crippen LogP contribution in [0.5, 0.6) is 23.0 Å². The Bertz CT molecular complexity index is 569. The van der Waals surface area contributed by atoms with Crippen molar-refractivity contribution >= 4 is 5.69 Å². The molecular weight excluding hydrogens is 270 g/mol. The van der Waals surface area contributed by atoms with Gasteiger partial charge in [0.15, 0.2) is 0 Å². The highest BCUT2D eigenvalue weighted by molar-refractivity contribution is 5.56. The molecule has 0 spiro atoms. The summed E-state index contributed by atoms with van der Waals surface area (Å²) in [6.07, 6.45) is 0. The quantitative estimate of drug-likeness (QED) is 0.627. The van der Waals surface area contributed by atoms with E-state index in [2.05, 4.69) is 0 Å². The van der Waals surface area contributed by atoms with Crippen molar-refractivity contribution in [3.8, 4) is 23.0 Å². The molecular formula is C16H19NO4. The van der Waals surface area contributed by atoms with Crippen LogP contribution in [0.25, 0.3) is 0 Å². The Kier molecular flexibility index (Phi) is 5.15. The van der Waals surface area contributed by atoms with Crippen molar-refractivity contribution < 1.29 is 18.9 Å². The van der Waals surface area contributed by atoms with Crippen LogP contribution in [-0.4, -0.2) is 27.4 Å². The molecule has 5 heteroatoms. The summed E-state index contributed by atoms with van der Waals surface area (Å²) in [6.45, 7) is 0.834. The minimum Gasteiger partial charge on any atom is -0.497 e. The zero-order chi connectivity index (χ0) is 15.1. The summed E-state index contributed by atoms with van der Waals surface area (Å²) in [4.78, 5) is 0. The van der Waals surface area contributed by atoms with Gasteiger partial charge >= 0.3 is 0 Å². The fraction of sp³-hybridized carbons (Fsp3) is 0.250. The SMILES string of the molecule is COc1ccc(OCCOc2ccc(OC)cc2N)cc1. The second-order valence-corrected chi connectivity index (χ2v) is 4.28. The molecule has 0 saturated heterocycles. The molecule has 5 nitrogen and oxygen atoms in total. The molecule has 0 aliphatic heterocycles. The highest BCUT2D eigenvalue weighted by atomic mass is 16.5. The molecule has 21 heavy (non-hydrogen) atoms. The molecule has 0 aliphatic rings. The lowest BCUT2D eigenvalue weighted by atomic mass is 10.3. The molecule has 0 aromatic heterocycles. The predicted octanol–water partition coefficient (Wildman–Crippen LogP) is 2.74. The average molecular weight is 289 g/mol. The Morgan fingerprint density at radius 1 is 0.762 bits per heavy atom. The number of benzene rings is 2. The number of ether oxygens (including phenoxy) is 4. The first-order chi connectivity index (χ1) is 10.2. The van der Waals surface area contributed by atoms with Gasteiger partial charge in [0.05, 0.1) is 19.9 Å². The first kappa shape index (κ1) is 14.8. The van der Waals surface area contributed by atoms with E-state index >= 15 is 0 Å². The minimum atomic E-state index is 0.405. The highest BCUT2D eigenvalue weighted by Crippen LogP contribution is 2.26. The second-order valence-electron chi connectivity index (χ2n) is 4.28. The van der Waals surface area contributed by atoms with Crippen LogP contribution < -0.4 is 24.7 Å². The fourth-order valence-corrected chi connectivity index (χ4v) is 1.77. The molecule has 0 aliphatic carbocycles. The van der Waals surface area contributed by atoms with Crippen molar-refractivity contribution in [1.82, 2.24) is 0 Å². The summed E-state index contributed by atoms with van der Waals surface area (Å²) < 4.78 is 21.3. The summed E-state index contributed by atoms with van der Waals surface area (Å²) in [5.74, 6) is 2.88. The van der Waals surface area contributed by atoms with Crippen molar-refractivity contribution in [1.29, 1.82) is 0 Å². The number of anilines is 1. The Morgan fingerprint density at radius 2 is 1.33 bits per heavy atom. The Balaban J connectivity index is 1.78. The largest absolute Gasteiger partial charge is 0.497 e. The van der Waals surface area contributed by atoms with E-state index in [-0.39, 0.29) is 0 Å². The molecule has 0 atom stereocenters. The summed E-state index contributed by atoms with van der Waals surface area (Å²) in [5, 5.41) is 0. The van der Waals surface area contributed by atoms with Crippen LogP contribution in [0.3, 0.4) is 0 Å². The van der Waals surface area contributed by atoms with E-state index in [4.69, 9.17) is 24.7 Å². The van der Waals surface area contributed by atoms with Crippen molar-refractivity contribution in [2.24, 2.45) is 0 Å². The van der Waals surface area contributed by atoms with Gasteiger partial charge in [-0.1, -0.05) is 0 Å². The Hall–Kier alpha value is -2.56. The summed E-state index contributed by atoms with van der Waals surface area (Å²) in [5.41, 5.74) is 6.40. The molecule has 2 aromatic carbocycles. The molecule has 0 bridgehead atoms. The van der Waals surface area contributed by atoms with Crippen molar-refractivity contribution in [2.75, 3.05) is 33.2 Å². The molecule has 112 valence electrons. The van der Waals surface area contributed by atoms with Gasteiger partial charge in [0.2, 0.25) is 0 Å². The van der Waals surface area contributed by atoms with Gasteiger partial charge in [-0.3, -0.25) is 0 Å². The van der Waals surface area contributed by atoms with E-state index in [0.717, 1.165) is 11.5 Å². The van der Waals surface area contributed by atoms with Gasteiger partial charge in [-0.15, -0.1) is 0 Å². The van der Waals surface area contributed by atoms with Gasteiger partial charge < -0.3 is 24.7 Å². The summed E-state index contributed by atoms with van der Waals surface area (Å²) in [7, 11) is 3.22. The topological polar surface area (TPSA) is 62.9 Å². The third-order valence-corrected chi connectivity index (χ3v) is 2.89. The van der Waals surface area contributed by atoms with Crippen LogP contribution in [0.4, 0.5) is 5.69 Å². The number of methoxy groups -OCH3 is 2. The third kappa shape index (κ3) is 4.21. The van der Waals surface area contributed by atoms with E-state index in [1.54, 1.807) is 32.4 Å². The highest BCUT2D eigenvalue weighted by Gasteiger charge is 2.02. The van der Waals surface area contributed by atoms with Crippen LogP contribution in [0.15, 0.2) is 42.5 Å². The molecule has 2 N–H and O–H groups in total. The molecule has 2 aromatic rings. The van der Waals surface area contributed by atoms with Gasteiger partial charge in [-0.2, -0.15) is 0 Å². The van der Waals surface area contributed by atoms with E-state index in [9.17, 15) is 0 Å². The normalized spacial score (nSPS) is 10.0. The maximum absolute atomic E-state index is 5.86. The van der Waals surface area contributed by atoms with Gasteiger partial charge in [0, 0.05) is 6.07 Å². The zero-order valence-corrected chi connectivity index (χ0v) is 12.2. The number of rotatable bonds is 7. The monoisotopic (exact) mass is 289 g/mol. The molecule has 0 heterocycles. The number of hydrogen-bond donors (Lipinski definition) is 1. The smallest absolute Gasteiger partial charge is 0.142 e. The lowest BCUT2D eigenvalue weighted by molar-refractivity contribution is 0.217. The van der Waals surface area contributed by atoms with Crippen molar-refractivity contribution in [3.05, 3.63) is 42.5 Å². The van der Waals surface area contributed by atoms with E-state index in [1.807, 2.05) is 24.3 Å². The first-order valence-electron chi connectivity index (χ1n) is 6.56. The minimum absolute atomic E-state index is 0.405. The Labute approximate surface area is 124 Å². The standard InChI is InChI=1S/C16H19NO4/c1-18-12-3-5-13(6-4-12)20-9-10-21-16-8-7-14(19-2)11-15(16)17/h3-8,11H,9-10,17H2,1-2H3. The maximum atomic E-state index is 5.86. The van der Waals surface area contributed by atoms with Gasteiger partial charge in [-0.25, -0.2) is 0 Å². The summed E-state index contributed by atoms with van der Waals surface area (Å²) in [6, 6.07) is 12.7. The predicted molar refractivity (Wildman–Crippen MR) is 81.4 cm³/mol. The molecule has 0 fully saturated rings. The van der Waals surface area contributed by atoms with Crippen LogP contribution in [0, 0.1) is 0 Å². The third-order valence-electron chi connectivity index (χ3n) is 2.89. The van der Waals surface area contributed by atoms with Crippen LogP contribution >= 0.6 is 0 Å². The number of nitrogen functional groups attached to an aromatic ring is 1. The van der Waals surface area contributed by atoms with E-state index in [1.165, 1.54) is 0 Å². The van der Waals surface area contributed by atoms with Gasteiger partial charge in [-0.05, 0) is 36.4 Å². The second kappa shape index (κ2) is 7.28. The molecule has 2 rings (SSSR count). The summed E-state index contributed by atoms with van der Waals surface area (Å²) >= 11 is 0. The number of nitrogens with two attached hydrogens (primary N) is 1. The molecule has 0 radical (unpaired) electrons. The molecule has 0 unspecified atom stereocenters. The van der Waals surface area contributed by atoms with Gasteiger partial charge in [0.25, 0.3) is 0 Å². The molecule has 0 amide bonds. The van der Waals surface area contributed by atoms with Crippen molar-refractivity contribution in [3.63, 3.8) is 0 Å². The Morgan fingerprint density at radius 3 is 1.95 bits per heavy atom. The first-order valence-corrected chi connectivity index (χ1v) is 6.56. The average Bonchev–Trinajstić information content (AvgIpc) is 2.53. The van der Waals surface area contributed by atoms with E-state index in [0.29, 0.717) is 30.4 Å². The van der Waals surface area contributed by atoms with Crippen LogP contribution in [-0.2, 0) is 0 Å². The maximum Gasteiger partial charge on any atom is 0.142 e. The molecule has 0 saturated carbocycles. The zero-order valence-electron chi connectivity index (χ0n) is 12.2. The lowest BCUT2D eigenvalue weighted by Crippen LogP contribution is -2.10.